The van der Waals surface area contributed by atoms with E-state index in [9.17, 15) is 9.59 Å². The van der Waals surface area contributed by atoms with Gasteiger partial charge in [0.2, 0.25) is 5.91 Å². The predicted octanol–water partition coefficient (Wildman–Crippen LogP) is 4.98. The lowest BCUT2D eigenvalue weighted by Gasteiger charge is -2.18. The van der Waals surface area contributed by atoms with Gasteiger partial charge in [0.05, 0.1) is 18.4 Å². The monoisotopic (exact) mass is 484 g/mol. The van der Waals surface area contributed by atoms with Crippen molar-refractivity contribution < 1.29 is 14.3 Å². The van der Waals surface area contributed by atoms with Gasteiger partial charge in [-0.2, -0.15) is 0 Å². The van der Waals surface area contributed by atoms with E-state index in [1.807, 2.05) is 36.6 Å². The Morgan fingerprint density at radius 1 is 1.33 bits per heavy atom. The zero-order valence-corrected chi connectivity index (χ0v) is 20.9. The van der Waals surface area contributed by atoms with Gasteiger partial charge in [0.15, 0.2) is 11.0 Å². The van der Waals surface area contributed by atoms with Crippen LogP contribution in [0.5, 0.6) is 0 Å². The molecule has 0 radical (unpaired) electrons. The minimum absolute atomic E-state index is 0.172. The molecule has 1 aliphatic carbocycles. The highest BCUT2D eigenvalue weighted by Gasteiger charge is 2.29. The van der Waals surface area contributed by atoms with Gasteiger partial charge in [-0.25, -0.2) is 4.79 Å². The van der Waals surface area contributed by atoms with Crippen molar-refractivity contribution >= 4 is 40.0 Å². The van der Waals surface area contributed by atoms with E-state index in [1.165, 1.54) is 35.1 Å². The number of nitrogens with one attached hydrogen (secondary N) is 1. The van der Waals surface area contributed by atoms with Gasteiger partial charge in [-0.1, -0.05) is 42.4 Å². The molecule has 4 rings (SSSR count). The molecule has 0 saturated heterocycles. The number of amides is 1. The normalized spacial score (nSPS) is 15.2. The number of benzene rings is 1. The highest BCUT2D eigenvalue weighted by Crippen LogP contribution is 2.40. The third kappa shape index (κ3) is 4.99. The molecule has 0 spiro atoms. The van der Waals surface area contributed by atoms with Crippen molar-refractivity contribution in [2.75, 3.05) is 18.2 Å². The molecule has 0 fully saturated rings. The van der Waals surface area contributed by atoms with E-state index in [0.29, 0.717) is 28.2 Å². The van der Waals surface area contributed by atoms with Crippen LogP contribution in [0, 0.1) is 12.8 Å². The largest absolute Gasteiger partial charge is 0.465 e. The number of fused-ring (bicyclic) bond motifs is 1. The molecule has 1 aliphatic rings. The van der Waals surface area contributed by atoms with Crippen molar-refractivity contribution in [3.63, 3.8) is 0 Å². The number of hydrogen-bond acceptors (Lipinski definition) is 7. The lowest BCUT2D eigenvalue weighted by molar-refractivity contribution is -0.113. The number of thiophene rings is 1. The molecule has 2 heterocycles. The molecular formula is C24H28N4O3S2. The summed E-state index contributed by atoms with van der Waals surface area (Å²) in [5.41, 5.74) is 3.70. The Morgan fingerprint density at radius 2 is 2.15 bits per heavy atom. The molecule has 1 amide bonds. The first kappa shape index (κ1) is 23.5. The van der Waals surface area contributed by atoms with Gasteiger partial charge in [0.1, 0.15) is 5.00 Å². The van der Waals surface area contributed by atoms with E-state index in [-0.39, 0.29) is 11.7 Å². The molecule has 174 valence electrons. The average Bonchev–Trinajstić information content (AvgIpc) is 3.37. The Morgan fingerprint density at radius 3 is 2.88 bits per heavy atom. The van der Waals surface area contributed by atoms with Crippen molar-refractivity contribution in [2.45, 2.75) is 51.7 Å². The molecule has 1 atom stereocenters. The lowest BCUT2D eigenvalue weighted by atomic mass is 9.88. The van der Waals surface area contributed by atoms with Crippen LogP contribution >= 0.6 is 23.1 Å². The third-order valence-corrected chi connectivity index (χ3v) is 7.93. The number of esters is 1. The highest BCUT2D eigenvalue weighted by molar-refractivity contribution is 7.99. The maximum Gasteiger partial charge on any atom is 0.341 e. The topological polar surface area (TPSA) is 86.1 Å². The highest BCUT2D eigenvalue weighted by atomic mass is 32.2. The Labute approximate surface area is 201 Å². The molecule has 7 nitrogen and oxygen atoms in total. The van der Waals surface area contributed by atoms with Gasteiger partial charge in [-0.15, -0.1) is 21.5 Å². The first-order valence-corrected chi connectivity index (χ1v) is 12.9. The van der Waals surface area contributed by atoms with E-state index < -0.39 is 5.97 Å². The Balaban J connectivity index is 1.49. The lowest BCUT2D eigenvalue weighted by Crippen LogP contribution is -2.17. The third-order valence-electron chi connectivity index (χ3n) is 5.80. The van der Waals surface area contributed by atoms with E-state index in [0.717, 1.165) is 41.8 Å². The van der Waals surface area contributed by atoms with Gasteiger partial charge in [0, 0.05) is 17.0 Å². The van der Waals surface area contributed by atoms with Gasteiger partial charge >= 0.3 is 5.97 Å². The van der Waals surface area contributed by atoms with Crippen molar-refractivity contribution in [3.05, 3.63) is 45.8 Å². The summed E-state index contributed by atoms with van der Waals surface area (Å²) < 4.78 is 7.02. The molecule has 3 aromatic rings. The van der Waals surface area contributed by atoms with E-state index in [2.05, 4.69) is 28.5 Å². The van der Waals surface area contributed by atoms with E-state index in [1.54, 1.807) is 0 Å². The fourth-order valence-electron chi connectivity index (χ4n) is 4.13. The smallest absolute Gasteiger partial charge is 0.341 e. The Bertz CT molecular complexity index is 1180. The van der Waals surface area contributed by atoms with Crippen LogP contribution in [0.25, 0.3) is 11.4 Å². The van der Waals surface area contributed by atoms with Crippen LogP contribution in [0.4, 0.5) is 5.00 Å². The molecule has 1 aromatic carbocycles. The zero-order chi connectivity index (χ0) is 23.5. The number of thioether (sulfide) groups is 1. The van der Waals surface area contributed by atoms with Crippen LogP contribution < -0.4 is 5.32 Å². The molecular weight excluding hydrogens is 456 g/mol. The average molecular weight is 485 g/mol. The zero-order valence-electron chi connectivity index (χ0n) is 19.3. The summed E-state index contributed by atoms with van der Waals surface area (Å²) >= 11 is 2.83. The first-order valence-electron chi connectivity index (χ1n) is 11.1. The van der Waals surface area contributed by atoms with E-state index >= 15 is 0 Å². The predicted molar refractivity (Wildman–Crippen MR) is 132 cm³/mol. The van der Waals surface area contributed by atoms with Crippen LogP contribution in [0.15, 0.2) is 29.4 Å². The van der Waals surface area contributed by atoms with Gasteiger partial charge in [0.25, 0.3) is 0 Å². The number of carbonyl (C=O) groups is 2. The standard InChI is InChI=1S/C24H28N4O3S2/c1-5-28-21(16-8-6-7-14(2)11-16)26-27-24(28)32-13-19(29)25-22-20(23(30)31-4)17-10-9-15(3)12-18(17)33-22/h6-8,11,15H,5,9-10,12-13H2,1-4H3,(H,25,29). The van der Waals surface area contributed by atoms with Crippen molar-refractivity contribution in [2.24, 2.45) is 5.92 Å². The molecule has 33 heavy (non-hydrogen) atoms. The fraction of sp³-hybridized carbons (Fsp3) is 0.417. The van der Waals surface area contributed by atoms with Crippen molar-refractivity contribution in [1.29, 1.82) is 0 Å². The number of anilines is 1. The Kier molecular flexibility index (Phi) is 7.19. The molecule has 1 unspecified atom stereocenters. The number of aryl methyl sites for hydroxylation is 1. The summed E-state index contributed by atoms with van der Waals surface area (Å²) in [7, 11) is 1.38. The van der Waals surface area contributed by atoms with Crippen molar-refractivity contribution in [3.8, 4) is 11.4 Å². The van der Waals surface area contributed by atoms with E-state index in [4.69, 9.17) is 4.74 Å². The molecule has 2 aromatic heterocycles. The number of nitrogens with zero attached hydrogens (tertiary/aromatic N) is 3. The van der Waals surface area contributed by atoms with Crippen LogP contribution in [0.1, 0.15) is 46.6 Å². The summed E-state index contributed by atoms with van der Waals surface area (Å²) in [6.07, 6.45) is 2.80. The fourth-order valence-corrected chi connectivity index (χ4v) is 6.35. The number of hydrogen-bond donors (Lipinski definition) is 1. The molecule has 0 saturated carbocycles. The second-order valence-electron chi connectivity index (χ2n) is 8.30. The van der Waals surface area contributed by atoms with Crippen LogP contribution in [-0.2, 0) is 28.9 Å². The van der Waals surface area contributed by atoms with Gasteiger partial charge < -0.3 is 14.6 Å². The molecule has 1 N–H and O–H groups in total. The number of methoxy groups -OCH3 is 1. The first-order chi connectivity index (χ1) is 15.9. The molecule has 0 bridgehead atoms. The maximum absolute atomic E-state index is 12.8. The van der Waals surface area contributed by atoms with Gasteiger partial charge in [-0.05, 0) is 50.7 Å². The molecule has 0 aliphatic heterocycles. The number of carbonyl (C=O) groups excluding carboxylic acids is 2. The second kappa shape index (κ2) is 10.1. The Hall–Kier alpha value is -2.65. The summed E-state index contributed by atoms with van der Waals surface area (Å²) in [5, 5.41) is 12.9. The number of ether oxygens (including phenoxy) is 1. The van der Waals surface area contributed by atoms with Crippen LogP contribution in [0.3, 0.4) is 0 Å². The molecule has 9 heteroatoms. The minimum Gasteiger partial charge on any atom is -0.465 e. The summed E-state index contributed by atoms with van der Waals surface area (Å²) in [4.78, 5) is 26.4. The van der Waals surface area contributed by atoms with Gasteiger partial charge in [-0.3, -0.25) is 4.79 Å². The summed E-state index contributed by atoms with van der Waals surface area (Å²) in [5.74, 6) is 0.963. The minimum atomic E-state index is -0.390. The SMILES string of the molecule is CCn1c(SCC(=O)Nc2sc3c(c2C(=O)OC)CCC(C)C3)nnc1-c1cccc(C)c1. The summed E-state index contributed by atoms with van der Waals surface area (Å²) in [6, 6.07) is 8.13. The quantitative estimate of drug-likeness (QED) is 0.376. The maximum atomic E-state index is 12.8. The van der Waals surface area contributed by atoms with Crippen molar-refractivity contribution in [1.82, 2.24) is 14.8 Å². The second-order valence-corrected chi connectivity index (χ2v) is 10.4. The number of aromatic nitrogens is 3. The van der Waals surface area contributed by atoms with Crippen LogP contribution in [-0.4, -0.2) is 39.5 Å². The number of rotatable bonds is 7. The van der Waals surface area contributed by atoms with Crippen LogP contribution in [0.2, 0.25) is 0 Å². The summed E-state index contributed by atoms with van der Waals surface area (Å²) in [6.45, 7) is 6.99.